The van der Waals surface area contributed by atoms with Crippen molar-refractivity contribution >= 4 is 40.4 Å². The van der Waals surface area contributed by atoms with Crippen LogP contribution in [0.1, 0.15) is 93.7 Å². The van der Waals surface area contributed by atoms with E-state index in [4.69, 9.17) is 9.97 Å². The van der Waals surface area contributed by atoms with Gasteiger partial charge in [0.15, 0.2) is 0 Å². The first-order valence-corrected chi connectivity index (χ1v) is 19.1. The van der Waals surface area contributed by atoms with Crippen LogP contribution < -0.4 is 5.32 Å². The van der Waals surface area contributed by atoms with Crippen LogP contribution >= 0.6 is 22.7 Å². The van der Waals surface area contributed by atoms with E-state index in [1.54, 1.807) is 22.7 Å². The predicted molar refractivity (Wildman–Crippen MR) is 191 cm³/mol. The summed E-state index contributed by atoms with van der Waals surface area (Å²) in [5.74, 6) is 0.357. The Morgan fingerprint density at radius 2 is 1.25 bits per heavy atom. The van der Waals surface area contributed by atoms with Crippen LogP contribution in [-0.2, 0) is 14.4 Å². The van der Waals surface area contributed by atoms with Crippen molar-refractivity contribution in [2.75, 3.05) is 13.1 Å². The zero-order valence-corrected chi connectivity index (χ0v) is 29.3. The summed E-state index contributed by atoms with van der Waals surface area (Å²) >= 11 is 3.35. The number of benzene rings is 2. The molecule has 2 aromatic heterocycles. The SMILES string of the molecule is CCCC(=O)N1CCC[C@H]1c1ncc(-c2ccc(-c3ccc(-c4cnc([C@@H]5CCCN5C(=O)[C@@H](CC)NC(=O)C5CC5)s4)cc3)cc2)s1. The normalized spacial score (nSPS) is 19.9. The van der Waals surface area contributed by atoms with Gasteiger partial charge in [0.1, 0.15) is 16.1 Å². The Hall–Kier alpha value is -3.89. The fraction of sp³-hybridized carbons (Fsp3) is 0.447. The highest BCUT2D eigenvalue weighted by Crippen LogP contribution is 2.40. The van der Waals surface area contributed by atoms with Gasteiger partial charge in [0, 0.05) is 37.8 Å². The molecule has 2 aliphatic heterocycles. The van der Waals surface area contributed by atoms with Gasteiger partial charge in [0.05, 0.1) is 21.8 Å². The summed E-state index contributed by atoms with van der Waals surface area (Å²) in [6.07, 6.45) is 11.6. The van der Waals surface area contributed by atoms with Crippen molar-refractivity contribution in [3.8, 4) is 32.0 Å². The molecular weight excluding hydrogens is 639 g/mol. The number of rotatable bonds is 11. The lowest BCUT2D eigenvalue weighted by atomic mass is 10.0. The Balaban J connectivity index is 0.997. The largest absolute Gasteiger partial charge is 0.344 e. The Bertz CT molecular complexity index is 1760. The topological polar surface area (TPSA) is 95.5 Å². The predicted octanol–water partition coefficient (Wildman–Crippen LogP) is 8.03. The van der Waals surface area contributed by atoms with Crippen LogP contribution in [0.5, 0.6) is 0 Å². The number of hydrogen-bond acceptors (Lipinski definition) is 7. The molecule has 1 saturated carbocycles. The molecule has 2 aromatic carbocycles. The van der Waals surface area contributed by atoms with Crippen molar-refractivity contribution in [2.24, 2.45) is 5.92 Å². The summed E-state index contributed by atoms with van der Waals surface area (Å²) in [6.45, 7) is 5.54. The molecule has 4 aromatic rings. The maximum Gasteiger partial charge on any atom is 0.245 e. The number of carbonyl (C=O) groups excluding carboxylic acids is 3. The molecule has 0 bridgehead atoms. The van der Waals surface area contributed by atoms with Gasteiger partial charge < -0.3 is 15.1 Å². The number of hydrogen-bond donors (Lipinski definition) is 1. The smallest absolute Gasteiger partial charge is 0.245 e. The number of amides is 3. The van der Waals surface area contributed by atoms with E-state index in [-0.39, 0.29) is 35.7 Å². The lowest BCUT2D eigenvalue weighted by molar-refractivity contribution is -0.137. The summed E-state index contributed by atoms with van der Waals surface area (Å²) in [4.78, 5) is 54.1. The van der Waals surface area contributed by atoms with E-state index in [1.807, 2.05) is 29.1 Å². The molecule has 0 radical (unpaired) electrons. The van der Waals surface area contributed by atoms with Crippen molar-refractivity contribution in [2.45, 2.75) is 89.8 Å². The van der Waals surface area contributed by atoms with Crippen LogP contribution in [0.15, 0.2) is 60.9 Å². The van der Waals surface area contributed by atoms with Crippen LogP contribution in [0.3, 0.4) is 0 Å². The molecule has 7 rings (SSSR count). The van der Waals surface area contributed by atoms with Crippen LogP contribution in [0.4, 0.5) is 0 Å². The second-order valence-corrected chi connectivity index (χ2v) is 15.3. The zero-order chi connectivity index (χ0) is 33.2. The minimum Gasteiger partial charge on any atom is -0.344 e. The number of thiazole rings is 2. The van der Waals surface area contributed by atoms with Gasteiger partial charge in [0.25, 0.3) is 0 Å². The van der Waals surface area contributed by atoms with E-state index in [9.17, 15) is 14.4 Å². The molecule has 4 heterocycles. The molecular formula is C38H43N5O3S2. The van der Waals surface area contributed by atoms with Gasteiger partial charge >= 0.3 is 0 Å². The maximum atomic E-state index is 13.5. The van der Waals surface area contributed by atoms with E-state index in [2.05, 4.69) is 60.8 Å². The molecule has 3 atom stereocenters. The van der Waals surface area contributed by atoms with Gasteiger partial charge in [-0.15, -0.1) is 22.7 Å². The third-order valence-electron chi connectivity index (χ3n) is 9.83. The lowest BCUT2D eigenvalue weighted by Crippen LogP contribution is -2.48. The quantitative estimate of drug-likeness (QED) is 0.173. The van der Waals surface area contributed by atoms with Crippen molar-refractivity contribution < 1.29 is 14.4 Å². The number of carbonyl (C=O) groups is 3. The van der Waals surface area contributed by atoms with E-state index < -0.39 is 6.04 Å². The number of aromatic nitrogens is 2. The highest BCUT2D eigenvalue weighted by atomic mass is 32.1. The molecule has 3 aliphatic rings. The minimum atomic E-state index is -0.468. The van der Waals surface area contributed by atoms with E-state index in [0.717, 1.165) is 93.5 Å². The molecule has 2 saturated heterocycles. The standard InChI is InChI=1S/C38H43N5O3S2/c1-3-7-34(44)42-20-5-8-30(42)36-39-22-32(47-36)26-14-10-24(11-15-26)25-12-16-27(17-13-25)33-23-40-37(48-33)31-9-6-21-43(31)38(46)29(4-2)41-35(45)28-18-19-28/h10-17,22-23,28-31H,3-9,18-21H2,1-2H3,(H,41,45)/t29-,30+,31+/m1/s1. The molecule has 48 heavy (non-hydrogen) atoms. The minimum absolute atomic E-state index is 0.0104. The van der Waals surface area contributed by atoms with E-state index in [0.29, 0.717) is 19.4 Å². The Morgan fingerprint density at radius 1 is 0.750 bits per heavy atom. The molecule has 10 heteroatoms. The molecule has 0 unspecified atom stereocenters. The fourth-order valence-corrected chi connectivity index (χ4v) is 9.09. The fourth-order valence-electron chi connectivity index (χ4n) is 6.94. The summed E-state index contributed by atoms with van der Waals surface area (Å²) in [5.41, 5.74) is 4.53. The van der Waals surface area contributed by atoms with Crippen LogP contribution in [-0.4, -0.2) is 56.6 Å². The first-order valence-electron chi connectivity index (χ1n) is 17.5. The summed E-state index contributed by atoms with van der Waals surface area (Å²) < 4.78 is 0. The third-order valence-corrected chi connectivity index (χ3v) is 12.1. The zero-order valence-electron chi connectivity index (χ0n) is 27.7. The van der Waals surface area contributed by atoms with Gasteiger partial charge in [-0.1, -0.05) is 62.4 Å². The van der Waals surface area contributed by atoms with Crippen LogP contribution in [0.25, 0.3) is 32.0 Å². The lowest BCUT2D eigenvalue weighted by Gasteiger charge is -2.28. The van der Waals surface area contributed by atoms with Crippen molar-refractivity contribution in [3.63, 3.8) is 0 Å². The monoisotopic (exact) mass is 681 g/mol. The Labute approximate surface area is 290 Å². The second kappa shape index (κ2) is 14.3. The van der Waals surface area contributed by atoms with Gasteiger partial charge in [0.2, 0.25) is 17.7 Å². The Morgan fingerprint density at radius 3 is 1.75 bits per heavy atom. The van der Waals surface area contributed by atoms with Crippen molar-refractivity contribution in [3.05, 3.63) is 70.9 Å². The number of likely N-dealkylation sites (tertiary alicyclic amines) is 2. The van der Waals surface area contributed by atoms with Crippen LogP contribution in [0.2, 0.25) is 0 Å². The molecule has 3 amide bonds. The first kappa shape index (κ1) is 32.6. The Kier molecular flexibility index (Phi) is 9.73. The first-order chi connectivity index (χ1) is 23.4. The highest BCUT2D eigenvalue weighted by Gasteiger charge is 2.38. The molecule has 1 N–H and O–H groups in total. The summed E-state index contributed by atoms with van der Waals surface area (Å²) in [5, 5.41) is 4.99. The van der Waals surface area contributed by atoms with Crippen molar-refractivity contribution in [1.82, 2.24) is 25.1 Å². The highest BCUT2D eigenvalue weighted by molar-refractivity contribution is 7.15. The molecule has 1 aliphatic carbocycles. The molecule has 0 spiro atoms. The molecule has 250 valence electrons. The van der Waals surface area contributed by atoms with E-state index >= 15 is 0 Å². The van der Waals surface area contributed by atoms with Crippen LogP contribution in [0, 0.1) is 5.92 Å². The summed E-state index contributed by atoms with van der Waals surface area (Å²) in [7, 11) is 0. The van der Waals surface area contributed by atoms with Gasteiger partial charge in [-0.05, 0) is 73.6 Å². The van der Waals surface area contributed by atoms with Gasteiger partial charge in [-0.25, -0.2) is 9.97 Å². The summed E-state index contributed by atoms with van der Waals surface area (Å²) in [6, 6.07) is 16.8. The maximum absolute atomic E-state index is 13.5. The average Bonchev–Trinajstić information content (AvgIpc) is 3.57. The molecule has 8 nitrogen and oxygen atoms in total. The van der Waals surface area contributed by atoms with E-state index in [1.165, 1.54) is 0 Å². The third kappa shape index (κ3) is 6.83. The van der Waals surface area contributed by atoms with Gasteiger partial charge in [-0.3, -0.25) is 14.4 Å². The van der Waals surface area contributed by atoms with Crippen molar-refractivity contribution in [1.29, 1.82) is 0 Å². The van der Waals surface area contributed by atoms with Gasteiger partial charge in [-0.2, -0.15) is 0 Å². The number of nitrogens with zero attached hydrogens (tertiary/aromatic N) is 4. The number of nitrogens with one attached hydrogen (secondary N) is 1. The average molecular weight is 682 g/mol. The second-order valence-electron chi connectivity index (χ2n) is 13.2. The molecule has 3 fully saturated rings.